The zero-order valence-corrected chi connectivity index (χ0v) is 18.4. The van der Waals surface area contributed by atoms with Crippen LogP contribution in [0, 0.1) is 11.7 Å². The van der Waals surface area contributed by atoms with Gasteiger partial charge in [-0.05, 0) is 71.7 Å². The highest BCUT2D eigenvalue weighted by atomic mass is 19.1. The molecule has 0 aliphatic carbocycles. The summed E-state index contributed by atoms with van der Waals surface area (Å²) in [7, 11) is 0. The number of para-hydroxylation sites is 1. The van der Waals surface area contributed by atoms with Gasteiger partial charge in [0.2, 0.25) is 0 Å². The molecule has 31 heavy (non-hydrogen) atoms. The molecule has 0 aliphatic heterocycles. The highest BCUT2D eigenvalue weighted by molar-refractivity contribution is 6.12. The first-order chi connectivity index (χ1) is 14.9. The van der Waals surface area contributed by atoms with E-state index in [4.69, 9.17) is 9.40 Å². The second kappa shape index (κ2) is 7.49. The summed E-state index contributed by atoms with van der Waals surface area (Å²) in [6.07, 6.45) is 0.840. The van der Waals surface area contributed by atoms with E-state index in [2.05, 4.69) is 45.9 Å². The van der Waals surface area contributed by atoms with Gasteiger partial charge in [0.25, 0.3) is 0 Å². The Labute approximate surface area is 181 Å². The molecule has 0 fully saturated rings. The normalized spacial score (nSPS) is 12.1. The number of benzene rings is 3. The van der Waals surface area contributed by atoms with Crippen LogP contribution >= 0.6 is 0 Å². The molecule has 2 heterocycles. The van der Waals surface area contributed by atoms with Crippen molar-refractivity contribution in [2.45, 2.75) is 40.0 Å². The van der Waals surface area contributed by atoms with Crippen molar-refractivity contribution >= 4 is 32.7 Å². The summed E-state index contributed by atoms with van der Waals surface area (Å²) in [4.78, 5) is 5.08. The Hall–Kier alpha value is -3.20. The van der Waals surface area contributed by atoms with Crippen molar-refractivity contribution in [1.82, 2.24) is 4.98 Å². The van der Waals surface area contributed by atoms with Crippen LogP contribution in [0.1, 0.15) is 44.9 Å². The minimum Gasteiger partial charge on any atom is -0.455 e. The van der Waals surface area contributed by atoms with Gasteiger partial charge in [-0.25, -0.2) is 4.39 Å². The molecule has 0 saturated carbocycles. The third-order valence-electron chi connectivity index (χ3n) is 5.89. The molecule has 0 N–H and O–H groups in total. The lowest BCUT2D eigenvalue weighted by molar-refractivity contribution is 0.629. The number of hydrogen-bond donors (Lipinski definition) is 0. The van der Waals surface area contributed by atoms with Crippen LogP contribution in [0.25, 0.3) is 44.0 Å². The molecule has 5 aromatic rings. The number of pyridine rings is 1. The zero-order valence-electron chi connectivity index (χ0n) is 18.4. The predicted molar refractivity (Wildman–Crippen MR) is 127 cm³/mol. The Morgan fingerprint density at radius 2 is 1.68 bits per heavy atom. The summed E-state index contributed by atoms with van der Waals surface area (Å²) in [5.74, 6) is 0.587. The second-order valence-corrected chi connectivity index (χ2v) is 9.12. The van der Waals surface area contributed by atoms with Crippen LogP contribution < -0.4 is 0 Å². The second-order valence-electron chi connectivity index (χ2n) is 9.12. The van der Waals surface area contributed by atoms with Crippen LogP contribution in [0.4, 0.5) is 4.39 Å². The molecule has 5 rings (SSSR count). The van der Waals surface area contributed by atoms with Crippen LogP contribution in [0.3, 0.4) is 0 Å². The fourth-order valence-electron chi connectivity index (χ4n) is 4.37. The van der Waals surface area contributed by atoms with E-state index in [1.807, 2.05) is 30.3 Å². The number of hydrogen-bond acceptors (Lipinski definition) is 2. The van der Waals surface area contributed by atoms with E-state index < -0.39 is 0 Å². The van der Waals surface area contributed by atoms with Crippen LogP contribution in [0.15, 0.2) is 65.1 Å². The molecule has 156 valence electrons. The van der Waals surface area contributed by atoms with Gasteiger partial charge in [-0.2, -0.15) is 0 Å². The highest BCUT2D eigenvalue weighted by Crippen LogP contribution is 2.40. The first-order valence-electron chi connectivity index (χ1n) is 11.0. The van der Waals surface area contributed by atoms with Gasteiger partial charge in [-0.15, -0.1) is 0 Å². The van der Waals surface area contributed by atoms with Crippen molar-refractivity contribution < 1.29 is 8.81 Å². The first-order valence-corrected chi connectivity index (χ1v) is 11.0. The Balaban J connectivity index is 1.90. The Morgan fingerprint density at radius 3 is 2.45 bits per heavy atom. The third-order valence-corrected chi connectivity index (χ3v) is 5.89. The number of aromatic nitrogens is 1. The van der Waals surface area contributed by atoms with Gasteiger partial charge in [0.05, 0.1) is 5.69 Å². The average molecular weight is 412 g/mol. The summed E-state index contributed by atoms with van der Waals surface area (Å²) in [5, 5.41) is 4.02. The number of nitrogens with zero attached hydrogens (tertiary/aromatic N) is 1. The standard InChI is InChI=1S/C28H26FNO/c1-16(2)11-21-13-19-12-20(29)9-10-22(19)27(30-21)25-15-18(17(3)4)14-24-23-7-5-6-8-26(23)31-28(24)25/h5-10,12-17H,11H2,1-4H3. The largest absolute Gasteiger partial charge is 0.455 e. The quantitative estimate of drug-likeness (QED) is 0.297. The Kier molecular flexibility index (Phi) is 4.77. The maximum absolute atomic E-state index is 14.1. The van der Waals surface area contributed by atoms with Gasteiger partial charge in [-0.3, -0.25) is 4.98 Å². The van der Waals surface area contributed by atoms with Gasteiger partial charge in [0.1, 0.15) is 17.0 Å². The molecule has 0 aliphatic rings. The van der Waals surface area contributed by atoms with Crippen molar-refractivity contribution in [2.24, 2.45) is 5.92 Å². The molecule has 0 bridgehead atoms. The lowest BCUT2D eigenvalue weighted by atomic mass is 9.94. The maximum atomic E-state index is 14.1. The zero-order chi connectivity index (χ0) is 21.7. The van der Waals surface area contributed by atoms with Crippen LogP contribution in [0.2, 0.25) is 0 Å². The van der Waals surface area contributed by atoms with E-state index in [0.29, 0.717) is 11.8 Å². The van der Waals surface area contributed by atoms with E-state index in [0.717, 1.165) is 56.1 Å². The molecule has 3 heteroatoms. The smallest absolute Gasteiger partial charge is 0.144 e. The van der Waals surface area contributed by atoms with Gasteiger partial charge >= 0.3 is 0 Å². The third kappa shape index (κ3) is 3.48. The highest BCUT2D eigenvalue weighted by Gasteiger charge is 2.19. The van der Waals surface area contributed by atoms with Crippen LogP contribution in [-0.4, -0.2) is 4.98 Å². The lowest BCUT2D eigenvalue weighted by Gasteiger charge is -2.14. The molecule has 0 spiro atoms. The predicted octanol–water partition coefficient (Wildman–Crippen LogP) is 8.26. The van der Waals surface area contributed by atoms with Crippen molar-refractivity contribution in [3.05, 3.63) is 77.7 Å². The van der Waals surface area contributed by atoms with E-state index >= 15 is 0 Å². The summed E-state index contributed by atoms with van der Waals surface area (Å²) in [6.45, 7) is 8.74. The van der Waals surface area contributed by atoms with E-state index in [9.17, 15) is 4.39 Å². The molecule has 0 saturated heterocycles. The topological polar surface area (TPSA) is 26.0 Å². The van der Waals surface area contributed by atoms with Crippen molar-refractivity contribution in [2.75, 3.05) is 0 Å². The molecule has 0 amide bonds. The molecule has 2 nitrogen and oxygen atoms in total. The summed E-state index contributed by atoms with van der Waals surface area (Å²) < 4.78 is 20.4. The minimum atomic E-state index is -0.232. The number of fused-ring (bicyclic) bond motifs is 4. The minimum absolute atomic E-state index is 0.232. The van der Waals surface area contributed by atoms with Crippen molar-refractivity contribution in [1.29, 1.82) is 0 Å². The summed E-state index contributed by atoms with van der Waals surface area (Å²) in [5.41, 5.74) is 5.75. The van der Waals surface area contributed by atoms with Gasteiger partial charge in [-0.1, -0.05) is 45.9 Å². The van der Waals surface area contributed by atoms with Gasteiger partial charge in [0, 0.05) is 27.4 Å². The van der Waals surface area contributed by atoms with Gasteiger partial charge < -0.3 is 4.42 Å². The molecule has 0 radical (unpaired) electrons. The fourth-order valence-corrected chi connectivity index (χ4v) is 4.37. The molecule has 0 atom stereocenters. The summed E-state index contributed by atoms with van der Waals surface area (Å²) >= 11 is 0. The van der Waals surface area contributed by atoms with Crippen LogP contribution in [0.5, 0.6) is 0 Å². The lowest BCUT2D eigenvalue weighted by Crippen LogP contribution is -2.00. The summed E-state index contributed by atoms with van der Waals surface area (Å²) in [6, 6.07) is 19.5. The molecular formula is C28H26FNO. The molecular weight excluding hydrogens is 385 g/mol. The van der Waals surface area contributed by atoms with E-state index in [1.165, 1.54) is 11.6 Å². The van der Waals surface area contributed by atoms with E-state index in [1.54, 1.807) is 6.07 Å². The molecule has 0 unspecified atom stereocenters. The van der Waals surface area contributed by atoms with E-state index in [-0.39, 0.29) is 5.82 Å². The number of halogens is 1. The Bertz CT molecular complexity index is 1430. The van der Waals surface area contributed by atoms with Gasteiger partial charge in [0.15, 0.2) is 0 Å². The Morgan fingerprint density at radius 1 is 0.871 bits per heavy atom. The SMILES string of the molecule is CC(C)Cc1cc2cc(F)ccc2c(-c2cc(C(C)C)cc3c2oc2ccccc23)n1. The fraction of sp³-hybridized carbons (Fsp3) is 0.250. The molecule has 3 aromatic carbocycles. The maximum Gasteiger partial charge on any atom is 0.144 e. The van der Waals surface area contributed by atoms with Crippen molar-refractivity contribution in [3.8, 4) is 11.3 Å². The number of furan rings is 1. The molecule has 2 aromatic heterocycles. The van der Waals surface area contributed by atoms with Crippen molar-refractivity contribution in [3.63, 3.8) is 0 Å². The first kappa shape index (κ1) is 19.7. The van der Waals surface area contributed by atoms with Crippen LogP contribution in [-0.2, 0) is 6.42 Å². The number of rotatable bonds is 4. The average Bonchev–Trinajstić information content (AvgIpc) is 3.10. The monoisotopic (exact) mass is 411 g/mol.